The quantitative estimate of drug-likeness (QED) is 0.280. The minimum Gasteiger partial charge on any atom is -0.454 e. The zero-order chi connectivity index (χ0) is 29.2. The van der Waals surface area contributed by atoms with Crippen LogP contribution in [-0.4, -0.2) is 63.8 Å². The highest BCUT2D eigenvalue weighted by Crippen LogP contribution is 2.59. The van der Waals surface area contributed by atoms with Crippen molar-refractivity contribution in [3.8, 4) is 6.01 Å². The molecule has 0 saturated heterocycles. The molecule has 4 bridgehead atoms. The molecule has 1 heterocycles. The van der Waals surface area contributed by atoms with Crippen molar-refractivity contribution < 1.29 is 57.4 Å². The van der Waals surface area contributed by atoms with E-state index in [2.05, 4.69) is 19.7 Å². The van der Waals surface area contributed by atoms with Gasteiger partial charge in [-0.3, -0.25) is 0 Å². The van der Waals surface area contributed by atoms with E-state index in [9.17, 15) is 52.7 Å². The van der Waals surface area contributed by atoms with Crippen LogP contribution >= 0.6 is 11.6 Å². The van der Waals surface area contributed by atoms with Crippen LogP contribution in [0.4, 0.5) is 58.6 Å². The van der Waals surface area contributed by atoms with E-state index in [1.807, 2.05) is 0 Å². The molecule has 222 valence electrons. The highest BCUT2D eigenvalue weighted by molar-refractivity contribution is 6.28. The van der Waals surface area contributed by atoms with E-state index in [0.717, 1.165) is 24.2 Å². The Kier molecular flexibility index (Phi) is 7.37. The Labute approximate surface area is 218 Å². The molecule has 4 aliphatic rings. The van der Waals surface area contributed by atoms with Crippen LogP contribution in [0, 0.1) is 17.8 Å². The molecule has 0 atom stereocenters. The first-order valence-electron chi connectivity index (χ1n) is 11.7. The number of ether oxygens (including phenoxy) is 1. The van der Waals surface area contributed by atoms with Gasteiger partial charge in [0, 0.05) is 18.5 Å². The number of anilines is 1. The lowest BCUT2D eigenvalue weighted by atomic mass is 9.52. The summed E-state index contributed by atoms with van der Waals surface area (Å²) in [4.78, 5) is 11.8. The van der Waals surface area contributed by atoms with Gasteiger partial charge >= 0.3 is 36.1 Å². The van der Waals surface area contributed by atoms with E-state index in [0.29, 0.717) is 19.3 Å². The molecule has 0 spiro atoms. The molecule has 0 aromatic carbocycles. The fraction of sp³-hybridized carbons (Fsp3) is 0.857. The topological polar surface area (TPSA) is 51.1 Å². The van der Waals surface area contributed by atoms with Crippen LogP contribution in [0.5, 0.6) is 6.01 Å². The summed E-state index contributed by atoms with van der Waals surface area (Å²) in [5, 5.41) is -0.743. The molecular formula is C21H21ClF12N4O. The van der Waals surface area contributed by atoms with Crippen LogP contribution in [0.3, 0.4) is 0 Å². The second-order valence-corrected chi connectivity index (χ2v) is 10.8. The van der Waals surface area contributed by atoms with Gasteiger partial charge in [0.05, 0.1) is 0 Å². The molecule has 0 aliphatic heterocycles. The maximum Gasteiger partial charge on any atom is 0.460 e. The average Bonchev–Trinajstić information content (AvgIpc) is 2.75. The van der Waals surface area contributed by atoms with Gasteiger partial charge in [-0.05, 0) is 67.9 Å². The van der Waals surface area contributed by atoms with E-state index < -0.39 is 72.5 Å². The molecule has 18 heteroatoms. The Morgan fingerprint density at radius 1 is 0.769 bits per heavy atom. The summed E-state index contributed by atoms with van der Waals surface area (Å²) in [5.41, 5.74) is -1.10. The zero-order valence-electron chi connectivity index (χ0n) is 19.7. The highest BCUT2D eigenvalue weighted by atomic mass is 35.5. The van der Waals surface area contributed by atoms with Gasteiger partial charge in [0.15, 0.2) is 6.61 Å². The lowest BCUT2D eigenvalue weighted by molar-refractivity contribution is -0.396. The first-order valence-corrected chi connectivity index (χ1v) is 12.1. The van der Waals surface area contributed by atoms with Crippen molar-refractivity contribution in [2.45, 2.75) is 80.6 Å². The van der Waals surface area contributed by atoms with E-state index in [4.69, 9.17) is 11.6 Å². The van der Waals surface area contributed by atoms with Crippen molar-refractivity contribution in [2.24, 2.45) is 17.8 Å². The van der Waals surface area contributed by atoms with Gasteiger partial charge in [0.2, 0.25) is 11.2 Å². The summed E-state index contributed by atoms with van der Waals surface area (Å²) in [6.45, 7) is -3.11. The predicted octanol–water partition coefficient (Wildman–Crippen LogP) is 7.10. The SMILES string of the molecule is FC(F)(F)COc1nc(Cl)nc(N(CCC(F)(F)C(F)(F)C(F)(F)C(F)(F)F)C23CC4CC(CC(C4)C2)C3)n1. The molecule has 4 aliphatic carbocycles. The fourth-order valence-electron chi connectivity index (χ4n) is 6.42. The predicted molar refractivity (Wildman–Crippen MR) is 110 cm³/mol. The van der Waals surface area contributed by atoms with Gasteiger partial charge in [-0.2, -0.15) is 67.6 Å². The summed E-state index contributed by atoms with van der Waals surface area (Å²) >= 11 is 5.78. The normalized spacial score (nSPS) is 27.7. The fourth-order valence-corrected chi connectivity index (χ4v) is 6.56. The summed E-state index contributed by atoms with van der Waals surface area (Å²) in [6, 6.07) is -0.974. The Bertz CT molecular complexity index is 1030. The first kappa shape index (κ1) is 30.0. The van der Waals surface area contributed by atoms with E-state index in [1.54, 1.807) is 0 Å². The third-order valence-corrected chi connectivity index (χ3v) is 7.79. The molecule has 39 heavy (non-hydrogen) atoms. The number of halogens is 13. The Morgan fingerprint density at radius 3 is 1.74 bits per heavy atom. The molecule has 5 rings (SSSR count). The minimum absolute atomic E-state index is 0.0773. The van der Waals surface area contributed by atoms with Gasteiger partial charge in [0.25, 0.3) is 0 Å². The Morgan fingerprint density at radius 2 is 1.28 bits per heavy atom. The van der Waals surface area contributed by atoms with Crippen LogP contribution in [0.25, 0.3) is 0 Å². The summed E-state index contributed by atoms with van der Waals surface area (Å²) in [7, 11) is 0. The van der Waals surface area contributed by atoms with E-state index >= 15 is 0 Å². The van der Waals surface area contributed by atoms with E-state index in [1.165, 1.54) is 0 Å². The molecule has 1 aromatic rings. The second-order valence-electron chi connectivity index (χ2n) is 10.5. The average molecular weight is 609 g/mol. The monoisotopic (exact) mass is 608 g/mol. The van der Waals surface area contributed by atoms with E-state index in [-0.39, 0.29) is 17.8 Å². The van der Waals surface area contributed by atoms with Gasteiger partial charge < -0.3 is 9.64 Å². The maximum absolute atomic E-state index is 14.5. The first-order chi connectivity index (χ1) is 17.7. The zero-order valence-corrected chi connectivity index (χ0v) is 20.5. The second kappa shape index (κ2) is 9.57. The summed E-state index contributed by atoms with van der Waals surface area (Å²) in [5.74, 6) is -20.1. The molecule has 0 N–H and O–H groups in total. The van der Waals surface area contributed by atoms with Crippen molar-refractivity contribution in [1.29, 1.82) is 0 Å². The number of alkyl halides is 12. The molecule has 0 radical (unpaired) electrons. The summed E-state index contributed by atoms with van der Waals surface area (Å²) < 4.78 is 164. The molecule has 0 amide bonds. The van der Waals surface area contributed by atoms with Crippen molar-refractivity contribution in [3.05, 3.63) is 5.28 Å². The third-order valence-electron chi connectivity index (χ3n) is 7.62. The van der Waals surface area contributed by atoms with Crippen molar-refractivity contribution >= 4 is 17.5 Å². The van der Waals surface area contributed by atoms with Gasteiger partial charge in [0.1, 0.15) is 0 Å². The van der Waals surface area contributed by atoms with Crippen LogP contribution in [0.2, 0.25) is 5.28 Å². The highest BCUT2D eigenvalue weighted by Gasteiger charge is 2.81. The number of nitrogens with zero attached hydrogens (tertiary/aromatic N) is 4. The smallest absolute Gasteiger partial charge is 0.454 e. The Hall–Kier alpha value is -1.94. The van der Waals surface area contributed by atoms with Gasteiger partial charge in [-0.15, -0.1) is 0 Å². The molecule has 0 unspecified atom stereocenters. The Balaban J connectivity index is 1.69. The number of hydrogen-bond donors (Lipinski definition) is 0. The largest absolute Gasteiger partial charge is 0.460 e. The molecule has 4 fully saturated rings. The van der Waals surface area contributed by atoms with Gasteiger partial charge in [-0.25, -0.2) is 0 Å². The van der Waals surface area contributed by atoms with Crippen molar-refractivity contribution in [2.75, 3.05) is 18.1 Å². The minimum atomic E-state index is -7.05. The van der Waals surface area contributed by atoms with Crippen molar-refractivity contribution in [3.63, 3.8) is 0 Å². The summed E-state index contributed by atoms with van der Waals surface area (Å²) in [6.07, 6.45) is -10.7. The number of rotatable bonds is 9. The van der Waals surface area contributed by atoms with Crippen LogP contribution in [0.1, 0.15) is 44.9 Å². The third kappa shape index (κ3) is 5.65. The molecule has 1 aromatic heterocycles. The van der Waals surface area contributed by atoms with Crippen molar-refractivity contribution in [1.82, 2.24) is 15.0 Å². The van der Waals surface area contributed by atoms with Crippen LogP contribution in [0.15, 0.2) is 0 Å². The standard InChI is InChI=1S/C21H21ClF12N4O/c22-13-35-14(37-15(36-13)39-9-18(25,26)27)38(16-6-10-3-11(7-16)5-12(4-10)8-16)2-1-17(23,24)19(28,29)20(30,31)21(32,33)34/h10-12H,1-9H2. The lowest BCUT2D eigenvalue weighted by Gasteiger charge is -2.60. The molecular weight excluding hydrogens is 588 g/mol. The number of hydrogen-bond acceptors (Lipinski definition) is 5. The molecule has 4 saturated carbocycles. The van der Waals surface area contributed by atoms with Crippen LogP contribution in [-0.2, 0) is 0 Å². The van der Waals surface area contributed by atoms with Crippen LogP contribution < -0.4 is 9.64 Å². The lowest BCUT2D eigenvalue weighted by Crippen LogP contribution is -2.63. The molecule has 5 nitrogen and oxygen atoms in total. The maximum atomic E-state index is 14.5. The number of aromatic nitrogens is 3. The van der Waals surface area contributed by atoms with Gasteiger partial charge in [-0.1, -0.05) is 0 Å².